The fraction of sp³-hybridized carbons (Fsp3) is 0.250. The molecule has 1 aromatic carbocycles. The third-order valence-electron chi connectivity index (χ3n) is 3.62. The van der Waals surface area contributed by atoms with E-state index in [0.717, 1.165) is 21.4 Å². The van der Waals surface area contributed by atoms with Gasteiger partial charge in [-0.15, -0.1) is 11.3 Å². The van der Waals surface area contributed by atoms with Crippen LogP contribution >= 0.6 is 27.3 Å². The van der Waals surface area contributed by atoms with E-state index in [-0.39, 0.29) is 28.7 Å². The van der Waals surface area contributed by atoms with Crippen molar-refractivity contribution >= 4 is 56.2 Å². The molecule has 0 saturated heterocycles. The summed E-state index contributed by atoms with van der Waals surface area (Å²) in [4.78, 5) is 37.1. The molecule has 0 aliphatic heterocycles. The van der Waals surface area contributed by atoms with Gasteiger partial charge < -0.3 is 14.8 Å². The average Bonchev–Trinajstić information content (AvgIpc) is 2.97. The van der Waals surface area contributed by atoms with E-state index >= 15 is 0 Å². The van der Waals surface area contributed by atoms with Gasteiger partial charge in [0, 0.05) is 10.5 Å². The number of thiophene rings is 1. The van der Waals surface area contributed by atoms with Gasteiger partial charge in [0.2, 0.25) is 5.91 Å². The van der Waals surface area contributed by atoms with Crippen LogP contribution in [0.3, 0.4) is 0 Å². The number of carbonyl (C=O) groups is 3. The van der Waals surface area contributed by atoms with Crippen LogP contribution in [0.15, 0.2) is 34.8 Å². The van der Waals surface area contributed by atoms with Gasteiger partial charge >= 0.3 is 11.9 Å². The highest BCUT2D eigenvalue weighted by Gasteiger charge is 2.26. The molecule has 0 bridgehead atoms. The molecule has 0 unspecified atom stereocenters. The van der Waals surface area contributed by atoms with Crippen LogP contribution in [-0.4, -0.2) is 31.1 Å². The first-order chi connectivity index (χ1) is 13.4. The first-order valence-corrected chi connectivity index (χ1v) is 10.2. The first-order valence-electron chi connectivity index (χ1n) is 8.59. The smallest absolute Gasteiger partial charge is 0.348 e. The molecule has 0 atom stereocenters. The van der Waals surface area contributed by atoms with Gasteiger partial charge in [0.05, 0.1) is 18.8 Å². The Kier molecular flexibility index (Phi) is 7.95. The fourth-order valence-corrected chi connectivity index (χ4v) is 3.70. The molecule has 28 heavy (non-hydrogen) atoms. The number of benzene rings is 1. The lowest BCUT2D eigenvalue weighted by atomic mass is 10.1. The molecule has 1 heterocycles. The van der Waals surface area contributed by atoms with Crippen molar-refractivity contribution in [1.29, 1.82) is 0 Å². The van der Waals surface area contributed by atoms with Crippen LogP contribution in [0.4, 0.5) is 5.00 Å². The minimum absolute atomic E-state index is 0.167. The molecule has 0 radical (unpaired) electrons. The number of ether oxygens (including phenoxy) is 2. The predicted octanol–water partition coefficient (Wildman–Crippen LogP) is 4.82. The van der Waals surface area contributed by atoms with Crippen LogP contribution in [0.1, 0.15) is 45.0 Å². The number of amides is 1. The number of anilines is 1. The van der Waals surface area contributed by atoms with Crippen molar-refractivity contribution in [2.24, 2.45) is 0 Å². The Bertz CT molecular complexity index is 902. The zero-order valence-corrected chi connectivity index (χ0v) is 18.1. The molecule has 2 aromatic rings. The van der Waals surface area contributed by atoms with Crippen LogP contribution in [0.2, 0.25) is 0 Å². The van der Waals surface area contributed by atoms with E-state index in [4.69, 9.17) is 9.47 Å². The van der Waals surface area contributed by atoms with Gasteiger partial charge in [-0.2, -0.15) is 0 Å². The highest BCUT2D eigenvalue weighted by Crippen LogP contribution is 2.34. The Labute approximate surface area is 175 Å². The second-order valence-electron chi connectivity index (χ2n) is 5.58. The number of nitrogens with one attached hydrogen (secondary N) is 1. The second-order valence-corrected chi connectivity index (χ2v) is 7.51. The number of rotatable bonds is 7. The van der Waals surface area contributed by atoms with E-state index < -0.39 is 17.8 Å². The van der Waals surface area contributed by atoms with Crippen molar-refractivity contribution < 1.29 is 23.9 Å². The number of halogens is 1. The van der Waals surface area contributed by atoms with Gasteiger partial charge in [0.15, 0.2) is 0 Å². The lowest BCUT2D eigenvalue weighted by molar-refractivity contribution is -0.111. The quantitative estimate of drug-likeness (QED) is 0.467. The third-order valence-corrected chi connectivity index (χ3v) is 5.34. The van der Waals surface area contributed by atoms with Crippen molar-refractivity contribution in [1.82, 2.24) is 0 Å². The van der Waals surface area contributed by atoms with Gasteiger partial charge in [0.25, 0.3) is 0 Å². The normalized spacial score (nSPS) is 10.7. The maximum absolute atomic E-state index is 12.3. The molecule has 2 rings (SSSR count). The Morgan fingerprint density at radius 3 is 2.29 bits per heavy atom. The molecule has 8 heteroatoms. The average molecular weight is 466 g/mol. The summed E-state index contributed by atoms with van der Waals surface area (Å²) in [6, 6.07) is 7.44. The fourth-order valence-electron chi connectivity index (χ4n) is 2.34. The summed E-state index contributed by atoms with van der Waals surface area (Å²) < 4.78 is 11.0. The molecule has 0 saturated carbocycles. The van der Waals surface area contributed by atoms with Crippen molar-refractivity contribution in [3.8, 4) is 0 Å². The Hall–Kier alpha value is -2.45. The molecule has 1 N–H and O–H groups in total. The number of hydrogen-bond acceptors (Lipinski definition) is 6. The zero-order chi connectivity index (χ0) is 20.7. The summed E-state index contributed by atoms with van der Waals surface area (Å²) in [5, 5.41) is 2.92. The van der Waals surface area contributed by atoms with Crippen LogP contribution in [0, 0.1) is 6.92 Å². The molecule has 1 aromatic heterocycles. The number of carbonyl (C=O) groups excluding carboxylic acids is 3. The third kappa shape index (κ3) is 5.53. The van der Waals surface area contributed by atoms with Crippen LogP contribution in [-0.2, 0) is 14.3 Å². The lowest BCUT2D eigenvalue weighted by Crippen LogP contribution is -2.13. The van der Waals surface area contributed by atoms with Gasteiger partial charge in [-0.1, -0.05) is 28.1 Å². The van der Waals surface area contributed by atoms with E-state index in [1.165, 1.54) is 6.08 Å². The molecule has 1 amide bonds. The molecule has 148 valence electrons. The molecular formula is C20H20BrNO5S. The van der Waals surface area contributed by atoms with Crippen LogP contribution in [0.25, 0.3) is 6.08 Å². The summed E-state index contributed by atoms with van der Waals surface area (Å²) in [7, 11) is 0. The maximum Gasteiger partial charge on any atom is 0.348 e. The van der Waals surface area contributed by atoms with E-state index in [1.807, 2.05) is 24.3 Å². The standard InChI is InChI=1S/C20H20BrNO5S/c1-4-26-19(24)16-12(3)17(20(25)27-5-2)28-18(16)22-15(23)11-8-13-6-9-14(21)10-7-13/h6-11H,4-5H2,1-3H3,(H,22,23)/b11-8+. The zero-order valence-electron chi connectivity index (χ0n) is 15.7. The van der Waals surface area contributed by atoms with Crippen molar-refractivity contribution in [3.05, 3.63) is 56.4 Å². The first kappa shape index (κ1) is 21.8. The summed E-state index contributed by atoms with van der Waals surface area (Å²) in [5.74, 6) is -1.56. The molecule has 6 nitrogen and oxygen atoms in total. The SMILES string of the molecule is CCOC(=O)c1sc(NC(=O)/C=C/c2ccc(Br)cc2)c(C(=O)OCC)c1C. The lowest BCUT2D eigenvalue weighted by Gasteiger charge is -2.05. The van der Waals surface area contributed by atoms with Gasteiger partial charge in [-0.05, 0) is 50.1 Å². The number of esters is 2. The topological polar surface area (TPSA) is 81.7 Å². The van der Waals surface area contributed by atoms with Crippen LogP contribution in [0.5, 0.6) is 0 Å². The summed E-state index contributed by atoms with van der Waals surface area (Å²) >= 11 is 4.35. The summed E-state index contributed by atoms with van der Waals surface area (Å²) in [6.07, 6.45) is 3.01. The summed E-state index contributed by atoms with van der Waals surface area (Å²) in [6.45, 7) is 5.40. The highest BCUT2D eigenvalue weighted by atomic mass is 79.9. The van der Waals surface area contributed by atoms with Crippen LogP contribution < -0.4 is 5.32 Å². The summed E-state index contributed by atoms with van der Waals surface area (Å²) in [5.41, 5.74) is 1.44. The molecule has 0 fully saturated rings. The van der Waals surface area contributed by atoms with Gasteiger partial charge in [-0.3, -0.25) is 4.79 Å². The van der Waals surface area contributed by atoms with E-state index in [2.05, 4.69) is 21.2 Å². The molecule has 0 aliphatic carbocycles. The minimum Gasteiger partial charge on any atom is -0.462 e. The minimum atomic E-state index is -0.598. The second kappa shape index (κ2) is 10.2. The predicted molar refractivity (Wildman–Crippen MR) is 113 cm³/mol. The highest BCUT2D eigenvalue weighted by molar-refractivity contribution is 9.10. The van der Waals surface area contributed by atoms with E-state index in [0.29, 0.717) is 5.56 Å². The van der Waals surface area contributed by atoms with Crippen molar-refractivity contribution in [2.45, 2.75) is 20.8 Å². The van der Waals surface area contributed by atoms with Gasteiger partial charge in [0.1, 0.15) is 9.88 Å². The Balaban J connectivity index is 2.28. The van der Waals surface area contributed by atoms with E-state index in [1.54, 1.807) is 26.8 Å². The maximum atomic E-state index is 12.3. The molecule has 0 aliphatic rings. The Morgan fingerprint density at radius 1 is 1.07 bits per heavy atom. The van der Waals surface area contributed by atoms with Gasteiger partial charge in [-0.25, -0.2) is 9.59 Å². The van der Waals surface area contributed by atoms with Crippen molar-refractivity contribution in [2.75, 3.05) is 18.5 Å². The van der Waals surface area contributed by atoms with Crippen molar-refractivity contribution in [3.63, 3.8) is 0 Å². The molecular weight excluding hydrogens is 446 g/mol. The monoisotopic (exact) mass is 465 g/mol. The largest absolute Gasteiger partial charge is 0.462 e. The molecule has 0 spiro atoms. The Morgan fingerprint density at radius 2 is 1.68 bits per heavy atom. The number of hydrogen-bond donors (Lipinski definition) is 1. The van der Waals surface area contributed by atoms with E-state index in [9.17, 15) is 14.4 Å².